The highest BCUT2D eigenvalue weighted by Crippen LogP contribution is 2.08. The van der Waals surface area contributed by atoms with Crippen LogP contribution < -0.4 is 5.32 Å². The highest BCUT2D eigenvalue weighted by molar-refractivity contribution is 5.48. The summed E-state index contributed by atoms with van der Waals surface area (Å²) in [7, 11) is 0. The minimum absolute atomic E-state index is 0.605. The average molecular weight is 192 g/mol. The maximum Gasteiger partial charge on any atom is 0.150 e. The van der Waals surface area contributed by atoms with Gasteiger partial charge in [0.05, 0.1) is 0 Å². The summed E-state index contributed by atoms with van der Waals surface area (Å²) in [4.78, 5) is 4.24. The molecule has 1 aromatic rings. The van der Waals surface area contributed by atoms with Crippen molar-refractivity contribution in [2.24, 2.45) is 5.92 Å². The lowest BCUT2D eigenvalue weighted by Gasteiger charge is -2.18. The molecule has 1 aromatic heterocycles. The molecule has 0 bridgehead atoms. The zero-order chi connectivity index (χ0) is 9.97. The predicted molar refractivity (Wildman–Crippen MR) is 55.7 cm³/mol. The van der Waals surface area contributed by atoms with Crippen LogP contribution in [-0.2, 0) is 6.54 Å². The highest BCUT2D eigenvalue weighted by atomic mass is 15.3. The zero-order valence-electron chi connectivity index (χ0n) is 8.70. The first-order valence-electron chi connectivity index (χ1n) is 5.03. The quantitative estimate of drug-likeness (QED) is 0.774. The summed E-state index contributed by atoms with van der Waals surface area (Å²) in [6.45, 7) is 7.29. The molecule has 1 aliphatic heterocycles. The molecule has 1 N–H and O–H groups in total. The molecular weight excluding hydrogens is 176 g/mol. The zero-order valence-corrected chi connectivity index (χ0v) is 8.70. The topological polar surface area (TPSA) is 42.7 Å². The molecule has 0 atom stereocenters. The van der Waals surface area contributed by atoms with E-state index in [1.54, 1.807) is 6.33 Å². The molecule has 0 saturated carbocycles. The van der Waals surface area contributed by atoms with Crippen LogP contribution in [0.25, 0.3) is 6.08 Å². The van der Waals surface area contributed by atoms with Crippen LogP contribution in [0, 0.1) is 5.92 Å². The Morgan fingerprint density at radius 1 is 1.57 bits per heavy atom. The molecule has 2 rings (SSSR count). The minimum atomic E-state index is 0.605. The summed E-state index contributed by atoms with van der Waals surface area (Å²) in [5.74, 6) is 1.59. The maximum absolute atomic E-state index is 4.24. The van der Waals surface area contributed by atoms with Gasteiger partial charge in [0.1, 0.15) is 6.33 Å². The Morgan fingerprint density at radius 3 is 2.93 bits per heavy atom. The Labute approximate surface area is 84.0 Å². The second kappa shape index (κ2) is 3.92. The van der Waals surface area contributed by atoms with Crippen molar-refractivity contribution in [3.05, 3.63) is 17.7 Å². The molecule has 0 aromatic carbocycles. The van der Waals surface area contributed by atoms with E-state index >= 15 is 0 Å². The van der Waals surface area contributed by atoms with Crippen LogP contribution in [0.2, 0.25) is 0 Å². The largest absolute Gasteiger partial charge is 0.309 e. The van der Waals surface area contributed by atoms with Crippen molar-refractivity contribution in [3.63, 3.8) is 0 Å². The number of nitrogens with one attached hydrogen (secondary N) is 1. The van der Waals surface area contributed by atoms with Crippen molar-refractivity contribution in [3.8, 4) is 0 Å². The Hall–Kier alpha value is -1.16. The molecule has 0 spiro atoms. The van der Waals surface area contributed by atoms with Crippen LogP contribution in [0.5, 0.6) is 0 Å². The summed E-state index contributed by atoms with van der Waals surface area (Å²) in [6, 6.07) is 0. The van der Waals surface area contributed by atoms with Crippen LogP contribution in [0.4, 0.5) is 0 Å². The van der Waals surface area contributed by atoms with E-state index in [2.05, 4.69) is 35.3 Å². The van der Waals surface area contributed by atoms with E-state index in [9.17, 15) is 0 Å². The van der Waals surface area contributed by atoms with Crippen molar-refractivity contribution < 1.29 is 0 Å². The molecule has 0 amide bonds. The van der Waals surface area contributed by atoms with Gasteiger partial charge in [-0.05, 0) is 17.6 Å². The molecule has 76 valence electrons. The fraction of sp³-hybridized carbons (Fsp3) is 0.600. The number of hydrogen-bond donors (Lipinski definition) is 1. The van der Waals surface area contributed by atoms with Gasteiger partial charge in [-0.3, -0.25) is 0 Å². The highest BCUT2D eigenvalue weighted by Gasteiger charge is 2.09. The minimum Gasteiger partial charge on any atom is -0.309 e. The lowest BCUT2D eigenvalue weighted by molar-refractivity contribution is 0.479. The third-order valence-electron chi connectivity index (χ3n) is 2.22. The third kappa shape index (κ3) is 2.01. The molecule has 0 unspecified atom stereocenters. The van der Waals surface area contributed by atoms with Crippen LogP contribution in [0.3, 0.4) is 0 Å². The Balaban J connectivity index is 2.12. The lowest BCUT2D eigenvalue weighted by atomic mass is 10.1. The van der Waals surface area contributed by atoms with Gasteiger partial charge in [-0.25, -0.2) is 9.67 Å². The van der Waals surface area contributed by atoms with Crippen molar-refractivity contribution in [2.45, 2.75) is 20.4 Å². The van der Waals surface area contributed by atoms with Crippen LogP contribution in [0.15, 0.2) is 11.9 Å². The fourth-order valence-electron chi connectivity index (χ4n) is 1.43. The van der Waals surface area contributed by atoms with Gasteiger partial charge in [-0.15, -0.1) is 0 Å². The van der Waals surface area contributed by atoms with Gasteiger partial charge < -0.3 is 5.32 Å². The second-order valence-electron chi connectivity index (χ2n) is 4.10. The van der Waals surface area contributed by atoms with Crippen LogP contribution in [0.1, 0.15) is 19.7 Å². The van der Waals surface area contributed by atoms with Crippen molar-refractivity contribution >= 4 is 6.08 Å². The van der Waals surface area contributed by atoms with Gasteiger partial charge in [-0.1, -0.05) is 13.8 Å². The van der Waals surface area contributed by atoms with Crippen LogP contribution >= 0.6 is 0 Å². The van der Waals surface area contributed by atoms with Gasteiger partial charge >= 0.3 is 0 Å². The van der Waals surface area contributed by atoms with E-state index in [1.807, 2.05) is 4.68 Å². The van der Waals surface area contributed by atoms with E-state index in [4.69, 9.17) is 0 Å². The normalized spacial score (nSPS) is 15.8. The van der Waals surface area contributed by atoms with Gasteiger partial charge in [0.15, 0.2) is 5.82 Å². The molecular formula is C10H16N4. The predicted octanol–water partition coefficient (Wildman–Crippen LogP) is 0.921. The smallest absolute Gasteiger partial charge is 0.150 e. The number of aromatic nitrogens is 3. The summed E-state index contributed by atoms with van der Waals surface area (Å²) in [5, 5.41) is 7.42. The molecule has 0 aliphatic carbocycles. The summed E-state index contributed by atoms with van der Waals surface area (Å²) < 4.78 is 1.97. The maximum atomic E-state index is 4.24. The monoisotopic (exact) mass is 192 g/mol. The van der Waals surface area contributed by atoms with Crippen molar-refractivity contribution in [1.29, 1.82) is 0 Å². The van der Waals surface area contributed by atoms with E-state index in [1.165, 1.54) is 5.57 Å². The first-order valence-corrected chi connectivity index (χ1v) is 5.03. The molecule has 14 heavy (non-hydrogen) atoms. The summed E-state index contributed by atoms with van der Waals surface area (Å²) in [5.41, 5.74) is 1.41. The van der Waals surface area contributed by atoms with Gasteiger partial charge in [0.2, 0.25) is 0 Å². The molecule has 1 aliphatic rings. The SMILES string of the molecule is CC(C)Cn1ncnc1C=C1CNC1. The first kappa shape index (κ1) is 9.40. The van der Waals surface area contributed by atoms with Crippen LogP contribution in [-0.4, -0.2) is 27.9 Å². The van der Waals surface area contributed by atoms with E-state index in [0.717, 1.165) is 25.5 Å². The summed E-state index contributed by atoms with van der Waals surface area (Å²) in [6.07, 6.45) is 3.76. The van der Waals surface area contributed by atoms with Gasteiger partial charge in [-0.2, -0.15) is 5.10 Å². The Kier molecular flexibility index (Phi) is 2.63. The Morgan fingerprint density at radius 2 is 2.36 bits per heavy atom. The fourth-order valence-corrected chi connectivity index (χ4v) is 1.43. The number of hydrogen-bond acceptors (Lipinski definition) is 3. The Bertz CT molecular complexity index is 332. The van der Waals surface area contributed by atoms with Gasteiger partial charge in [0.25, 0.3) is 0 Å². The molecule has 4 heteroatoms. The summed E-state index contributed by atoms with van der Waals surface area (Å²) >= 11 is 0. The lowest BCUT2D eigenvalue weighted by Crippen LogP contribution is -2.33. The molecule has 1 saturated heterocycles. The standard InChI is InChI=1S/C10H16N4/c1-8(2)6-14-10(12-7-13-14)3-9-4-11-5-9/h3,7-8,11H,4-6H2,1-2H3. The molecule has 2 heterocycles. The average Bonchev–Trinajstić information content (AvgIpc) is 2.44. The van der Waals surface area contributed by atoms with Crippen molar-refractivity contribution in [2.75, 3.05) is 13.1 Å². The van der Waals surface area contributed by atoms with E-state index in [-0.39, 0.29) is 0 Å². The van der Waals surface area contributed by atoms with E-state index < -0.39 is 0 Å². The van der Waals surface area contributed by atoms with Gasteiger partial charge in [0, 0.05) is 19.6 Å². The van der Waals surface area contributed by atoms with E-state index in [0.29, 0.717) is 5.92 Å². The molecule has 4 nitrogen and oxygen atoms in total. The first-order chi connectivity index (χ1) is 6.75. The number of nitrogens with zero attached hydrogens (tertiary/aromatic N) is 3. The second-order valence-corrected chi connectivity index (χ2v) is 4.10. The third-order valence-corrected chi connectivity index (χ3v) is 2.22. The number of rotatable bonds is 3. The molecule has 0 radical (unpaired) electrons. The molecule has 1 fully saturated rings. The van der Waals surface area contributed by atoms with Crippen molar-refractivity contribution in [1.82, 2.24) is 20.1 Å².